The van der Waals surface area contributed by atoms with Crippen molar-refractivity contribution >= 4 is 22.7 Å². The van der Waals surface area contributed by atoms with Gasteiger partial charge < -0.3 is 12.4 Å². The summed E-state index contributed by atoms with van der Waals surface area (Å²) < 4.78 is 0. The van der Waals surface area contributed by atoms with Gasteiger partial charge in [0, 0.05) is 0 Å². The number of hydrogen-bond donors (Lipinski definition) is 1. The molecule has 0 atom stereocenters. The second-order valence-corrected chi connectivity index (χ2v) is 5.56. The summed E-state index contributed by atoms with van der Waals surface area (Å²) >= 11 is 5.49. The largest absolute Gasteiger partial charge is 1.00 e. The first kappa shape index (κ1) is 13.5. The molecule has 0 saturated carbocycles. The van der Waals surface area contributed by atoms with E-state index in [2.05, 4.69) is 31.2 Å². The van der Waals surface area contributed by atoms with Crippen molar-refractivity contribution in [3.05, 3.63) is 0 Å². The van der Waals surface area contributed by atoms with E-state index in [0.29, 0.717) is 10.9 Å². The van der Waals surface area contributed by atoms with E-state index in [1.807, 2.05) is 0 Å². The van der Waals surface area contributed by atoms with Crippen molar-refractivity contribution in [2.24, 2.45) is 0 Å². The lowest BCUT2D eigenvalue weighted by molar-refractivity contribution is -0.00000272. The van der Waals surface area contributed by atoms with Crippen LogP contribution >= 0.6 is 11.8 Å². The maximum Gasteiger partial charge on any atom is 0.126 e. The van der Waals surface area contributed by atoms with E-state index in [1.165, 1.54) is 0 Å². The third-order valence-corrected chi connectivity index (χ3v) is 2.72. The van der Waals surface area contributed by atoms with Crippen molar-refractivity contribution in [3.63, 3.8) is 0 Å². The Morgan fingerprint density at radius 3 is 1.90 bits per heavy atom. The molecule has 0 aliphatic carbocycles. The molecule has 64 valence electrons. The Morgan fingerprint density at radius 1 is 1.40 bits per heavy atom. The summed E-state index contributed by atoms with van der Waals surface area (Å²) in [6.45, 7) is 4.21. The first-order valence-electron chi connectivity index (χ1n) is 2.90. The molecular weight excluding hydrogens is 189 g/mol. The minimum atomic E-state index is 0. The summed E-state index contributed by atoms with van der Waals surface area (Å²) in [6, 6.07) is 0. The summed E-state index contributed by atoms with van der Waals surface area (Å²) in [6.07, 6.45) is 4.44. The van der Waals surface area contributed by atoms with Crippen molar-refractivity contribution in [1.29, 1.82) is 0 Å². The SMILES string of the molecule is C[S+](C)CC(C)(C)NCl.[Cl-]. The average molecular weight is 204 g/mol. The van der Waals surface area contributed by atoms with Crippen LogP contribution < -0.4 is 17.2 Å². The van der Waals surface area contributed by atoms with Crippen LogP contribution in [0, 0.1) is 0 Å². The van der Waals surface area contributed by atoms with Crippen LogP contribution in [-0.2, 0) is 10.9 Å². The average Bonchev–Trinajstić information content (AvgIpc) is 1.63. The van der Waals surface area contributed by atoms with Gasteiger partial charge in [0.15, 0.2) is 0 Å². The van der Waals surface area contributed by atoms with Crippen LogP contribution in [0.25, 0.3) is 0 Å². The lowest BCUT2D eigenvalue weighted by Crippen LogP contribution is -3.00. The lowest BCUT2D eigenvalue weighted by atomic mass is 10.1. The van der Waals surface area contributed by atoms with E-state index in [0.717, 1.165) is 5.75 Å². The second-order valence-electron chi connectivity index (χ2n) is 3.11. The maximum atomic E-state index is 5.49. The van der Waals surface area contributed by atoms with Crippen LogP contribution in [0.5, 0.6) is 0 Å². The first-order valence-corrected chi connectivity index (χ1v) is 5.49. The predicted molar refractivity (Wildman–Crippen MR) is 47.1 cm³/mol. The third kappa shape index (κ3) is 7.00. The highest BCUT2D eigenvalue weighted by atomic mass is 35.5. The summed E-state index contributed by atoms with van der Waals surface area (Å²) in [4.78, 5) is 2.75. The minimum absolute atomic E-state index is 0. The van der Waals surface area contributed by atoms with Crippen LogP contribution in [-0.4, -0.2) is 23.8 Å². The van der Waals surface area contributed by atoms with E-state index in [1.54, 1.807) is 0 Å². The van der Waals surface area contributed by atoms with Crippen molar-refractivity contribution in [3.8, 4) is 0 Å². The molecule has 0 aromatic heterocycles. The fourth-order valence-corrected chi connectivity index (χ4v) is 2.41. The monoisotopic (exact) mass is 203 g/mol. The van der Waals surface area contributed by atoms with E-state index in [4.69, 9.17) is 11.8 Å². The number of halogens is 2. The third-order valence-electron chi connectivity index (χ3n) is 0.905. The zero-order chi connectivity index (χ0) is 7.49. The van der Waals surface area contributed by atoms with Gasteiger partial charge in [-0.2, -0.15) is 0 Å². The van der Waals surface area contributed by atoms with Crippen LogP contribution in [0.4, 0.5) is 0 Å². The van der Waals surface area contributed by atoms with E-state index < -0.39 is 0 Å². The number of hydrogen-bond acceptors (Lipinski definition) is 1. The van der Waals surface area contributed by atoms with Gasteiger partial charge in [0.05, 0.1) is 18.1 Å². The smallest absolute Gasteiger partial charge is 0.126 e. The Hall–Kier alpha value is 0.890. The van der Waals surface area contributed by atoms with E-state index in [-0.39, 0.29) is 17.9 Å². The maximum absolute atomic E-state index is 5.49. The molecule has 0 aliphatic rings. The Balaban J connectivity index is 0. The molecule has 0 unspecified atom stereocenters. The highest BCUT2D eigenvalue weighted by Gasteiger charge is 2.22. The Labute approximate surface area is 77.8 Å². The van der Waals surface area contributed by atoms with Gasteiger partial charge in [0.2, 0.25) is 0 Å². The van der Waals surface area contributed by atoms with Gasteiger partial charge in [0.25, 0.3) is 0 Å². The second kappa shape index (κ2) is 5.53. The van der Waals surface area contributed by atoms with Crippen LogP contribution in [0.1, 0.15) is 13.8 Å². The van der Waals surface area contributed by atoms with Gasteiger partial charge in [-0.15, -0.1) is 0 Å². The minimum Gasteiger partial charge on any atom is -1.00 e. The van der Waals surface area contributed by atoms with E-state index >= 15 is 0 Å². The summed E-state index contributed by atoms with van der Waals surface area (Å²) in [5.74, 6) is 1.14. The molecule has 0 radical (unpaired) electrons. The molecule has 0 bridgehead atoms. The van der Waals surface area contributed by atoms with Gasteiger partial charge >= 0.3 is 0 Å². The normalized spacial score (nSPS) is 11.4. The van der Waals surface area contributed by atoms with Crippen LogP contribution in [0.2, 0.25) is 0 Å². The highest BCUT2D eigenvalue weighted by Crippen LogP contribution is 2.06. The van der Waals surface area contributed by atoms with Gasteiger partial charge in [-0.25, -0.2) is 4.84 Å². The van der Waals surface area contributed by atoms with Crippen LogP contribution in [0.3, 0.4) is 0 Å². The van der Waals surface area contributed by atoms with Crippen molar-refractivity contribution in [1.82, 2.24) is 4.84 Å². The molecule has 1 N–H and O–H groups in total. The Kier molecular flexibility index (Phi) is 7.45. The Bertz CT molecular complexity index is 85.8. The van der Waals surface area contributed by atoms with Gasteiger partial charge in [0.1, 0.15) is 5.75 Å². The predicted octanol–water partition coefficient (Wildman–Crippen LogP) is -1.61. The summed E-state index contributed by atoms with van der Waals surface area (Å²) in [5.41, 5.74) is 0.0914. The zero-order valence-corrected chi connectivity index (χ0v) is 9.20. The molecule has 0 spiro atoms. The fourth-order valence-electron chi connectivity index (χ4n) is 0.749. The lowest BCUT2D eigenvalue weighted by Gasteiger charge is -2.18. The van der Waals surface area contributed by atoms with Gasteiger partial charge in [-0.05, 0) is 36.5 Å². The summed E-state index contributed by atoms with van der Waals surface area (Å²) in [7, 11) is 0.468. The molecule has 1 nitrogen and oxygen atoms in total. The summed E-state index contributed by atoms with van der Waals surface area (Å²) in [5, 5.41) is 0. The molecule has 0 fully saturated rings. The highest BCUT2D eigenvalue weighted by molar-refractivity contribution is 7.95. The zero-order valence-electron chi connectivity index (χ0n) is 6.87. The molecule has 0 aromatic carbocycles. The van der Waals surface area contributed by atoms with Gasteiger partial charge in [-0.1, -0.05) is 0 Å². The van der Waals surface area contributed by atoms with Crippen molar-refractivity contribution in [2.45, 2.75) is 19.4 Å². The van der Waals surface area contributed by atoms with Crippen molar-refractivity contribution < 1.29 is 12.4 Å². The number of rotatable bonds is 3. The van der Waals surface area contributed by atoms with Crippen molar-refractivity contribution in [2.75, 3.05) is 18.3 Å². The molecular formula is C6H15Cl2NS. The molecule has 0 heterocycles. The topological polar surface area (TPSA) is 12.0 Å². The standard InChI is InChI=1S/C6H15ClNS.ClH/c1-6(2,8-7)5-9(3)4;/h8H,5H2,1-4H3;1H/q+1;/p-1. The quantitative estimate of drug-likeness (QED) is 0.431. The molecule has 10 heavy (non-hydrogen) atoms. The molecule has 4 heteroatoms. The number of nitrogens with one attached hydrogen (secondary N) is 1. The van der Waals surface area contributed by atoms with Crippen LogP contribution in [0.15, 0.2) is 0 Å². The molecule has 0 aliphatic heterocycles. The Morgan fingerprint density at radius 2 is 1.80 bits per heavy atom. The molecule has 0 rings (SSSR count). The van der Waals surface area contributed by atoms with E-state index in [9.17, 15) is 0 Å². The molecule has 0 amide bonds. The van der Waals surface area contributed by atoms with Gasteiger partial charge in [-0.3, -0.25) is 0 Å². The first-order chi connectivity index (χ1) is 3.98. The molecule has 0 aromatic rings. The molecule has 0 saturated heterocycles. The fraction of sp³-hybridized carbons (Fsp3) is 1.00.